The van der Waals surface area contributed by atoms with Gasteiger partial charge >= 0.3 is 0 Å². The molecule has 0 bridgehead atoms. The highest BCUT2D eigenvalue weighted by Gasteiger charge is 2.28. The predicted molar refractivity (Wildman–Crippen MR) is 114 cm³/mol. The lowest BCUT2D eigenvalue weighted by molar-refractivity contribution is 0.102. The normalized spacial score (nSPS) is 15.2. The van der Waals surface area contributed by atoms with Crippen LogP contribution in [0.3, 0.4) is 0 Å². The number of thiophene rings is 1. The molecule has 0 atom stereocenters. The van der Waals surface area contributed by atoms with E-state index in [4.69, 9.17) is 0 Å². The second kappa shape index (κ2) is 7.11. The smallest absolute Gasteiger partial charge is 0.268 e. The first kappa shape index (κ1) is 19.1. The number of nitrogens with one attached hydrogen (secondary N) is 1. The number of sulfonamides is 1. The van der Waals surface area contributed by atoms with Crippen molar-refractivity contribution in [3.63, 3.8) is 0 Å². The first-order valence-electron chi connectivity index (χ1n) is 9.43. The van der Waals surface area contributed by atoms with Crippen LogP contribution in [-0.2, 0) is 17.1 Å². The quantitative estimate of drug-likeness (QED) is 0.520. The average molecular weight is 443 g/mol. The van der Waals surface area contributed by atoms with Crippen molar-refractivity contribution < 1.29 is 13.2 Å². The summed E-state index contributed by atoms with van der Waals surface area (Å²) in [5.74, 6) is -0.208. The predicted octanol–water partition coefficient (Wildman–Crippen LogP) is 2.61. The Labute approximate surface area is 176 Å². The van der Waals surface area contributed by atoms with Crippen LogP contribution in [0.1, 0.15) is 22.5 Å². The van der Waals surface area contributed by atoms with Gasteiger partial charge in [0.05, 0.1) is 15.3 Å². The van der Waals surface area contributed by atoms with Gasteiger partial charge in [-0.25, -0.2) is 8.42 Å². The van der Waals surface area contributed by atoms with Crippen molar-refractivity contribution in [2.75, 3.05) is 18.4 Å². The Bertz CT molecular complexity index is 1370. The van der Waals surface area contributed by atoms with E-state index in [9.17, 15) is 13.2 Å². The first-order valence-corrected chi connectivity index (χ1v) is 11.7. The van der Waals surface area contributed by atoms with E-state index in [0.717, 1.165) is 18.4 Å². The molecule has 1 saturated heterocycles. The zero-order chi connectivity index (χ0) is 20.9. The van der Waals surface area contributed by atoms with E-state index in [2.05, 4.69) is 20.5 Å². The number of aromatic nitrogens is 4. The highest BCUT2D eigenvalue weighted by Crippen LogP contribution is 2.30. The van der Waals surface area contributed by atoms with Gasteiger partial charge in [-0.05, 0) is 42.5 Å². The van der Waals surface area contributed by atoms with Crippen LogP contribution in [0.4, 0.5) is 5.95 Å². The third kappa shape index (κ3) is 3.06. The van der Waals surface area contributed by atoms with Crippen LogP contribution in [0.15, 0.2) is 40.6 Å². The fourth-order valence-corrected chi connectivity index (χ4v) is 5.86. The van der Waals surface area contributed by atoms with Crippen molar-refractivity contribution in [1.29, 1.82) is 0 Å². The van der Waals surface area contributed by atoms with Gasteiger partial charge in [0.25, 0.3) is 11.9 Å². The molecule has 0 unspecified atom stereocenters. The summed E-state index contributed by atoms with van der Waals surface area (Å²) in [6, 6.07) is 8.50. The highest BCUT2D eigenvalue weighted by atomic mass is 32.2. The fourth-order valence-electron chi connectivity index (χ4n) is 3.70. The Morgan fingerprint density at radius 1 is 1.17 bits per heavy atom. The van der Waals surface area contributed by atoms with Crippen molar-refractivity contribution in [3.8, 4) is 0 Å². The van der Waals surface area contributed by atoms with Gasteiger partial charge < -0.3 is 4.57 Å². The van der Waals surface area contributed by atoms with Crippen LogP contribution in [0.2, 0.25) is 0 Å². The molecule has 1 aromatic carbocycles. The van der Waals surface area contributed by atoms with Crippen LogP contribution in [-0.4, -0.2) is 51.5 Å². The standard InChI is InChI=1S/C19H18N6O3S2/c1-24-14-7-6-12(30(27,28)25-8-2-3-9-25)11-13(14)16-17(24)20-19(23-22-16)21-18(26)15-5-4-10-29-15/h4-7,10-11H,2-3,8-9H2,1H3,(H,20,21,23,26). The van der Waals surface area contributed by atoms with Gasteiger partial charge in [-0.2, -0.15) is 9.29 Å². The monoisotopic (exact) mass is 442 g/mol. The maximum absolute atomic E-state index is 12.9. The number of benzene rings is 1. The number of rotatable bonds is 4. The molecule has 5 rings (SSSR count). The maximum Gasteiger partial charge on any atom is 0.268 e. The number of anilines is 1. The number of nitrogens with zero attached hydrogens (tertiary/aromatic N) is 5. The molecule has 154 valence electrons. The highest BCUT2D eigenvalue weighted by molar-refractivity contribution is 7.89. The van der Waals surface area contributed by atoms with Crippen molar-refractivity contribution in [3.05, 3.63) is 40.6 Å². The molecule has 30 heavy (non-hydrogen) atoms. The number of aryl methyl sites for hydroxylation is 1. The van der Waals surface area contributed by atoms with Gasteiger partial charge in [0, 0.05) is 25.5 Å². The Kier molecular flexibility index (Phi) is 4.53. The molecular formula is C19H18N6O3S2. The van der Waals surface area contributed by atoms with Crippen LogP contribution in [0.5, 0.6) is 0 Å². The number of hydrogen-bond donors (Lipinski definition) is 1. The lowest BCUT2D eigenvalue weighted by Crippen LogP contribution is -2.27. The molecular weight excluding hydrogens is 424 g/mol. The topological polar surface area (TPSA) is 110 Å². The molecule has 11 heteroatoms. The number of amides is 1. The summed E-state index contributed by atoms with van der Waals surface area (Å²) in [5, 5.41) is 13.4. The minimum Gasteiger partial charge on any atom is -0.327 e. The molecule has 1 fully saturated rings. The zero-order valence-electron chi connectivity index (χ0n) is 16.1. The first-order chi connectivity index (χ1) is 14.4. The largest absolute Gasteiger partial charge is 0.327 e. The molecule has 1 amide bonds. The summed E-state index contributed by atoms with van der Waals surface area (Å²) in [4.78, 5) is 17.5. The number of hydrogen-bond acceptors (Lipinski definition) is 7. The molecule has 3 aromatic heterocycles. The third-order valence-electron chi connectivity index (χ3n) is 5.24. The second-order valence-electron chi connectivity index (χ2n) is 7.09. The summed E-state index contributed by atoms with van der Waals surface area (Å²) in [7, 11) is -1.72. The second-order valence-corrected chi connectivity index (χ2v) is 9.97. The SMILES string of the molecule is Cn1c2ccc(S(=O)(=O)N3CCCC3)cc2c2nnc(NC(=O)c3cccs3)nc21. The van der Waals surface area contributed by atoms with E-state index in [1.807, 2.05) is 17.0 Å². The Hall–Kier alpha value is -2.89. The van der Waals surface area contributed by atoms with Gasteiger partial charge in [-0.15, -0.1) is 21.5 Å². The van der Waals surface area contributed by atoms with Gasteiger partial charge in [-0.3, -0.25) is 10.1 Å². The van der Waals surface area contributed by atoms with Crippen molar-refractivity contribution in [2.45, 2.75) is 17.7 Å². The lowest BCUT2D eigenvalue weighted by Gasteiger charge is -2.15. The Morgan fingerprint density at radius 2 is 1.97 bits per heavy atom. The molecule has 1 N–H and O–H groups in total. The minimum absolute atomic E-state index is 0.0942. The Balaban J connectivity index is 1.56. The summed E-state index contributed by atoms with van der Waals surface area (Å²) in [5.41, 5.74) is 1.78. The zero-order valence-corrected chi connectivity index (χ0v) is 17.7. The lowest BCUT2D eigenvalue weighted by atomic mass is 10.2. The number of carbonyl (C=O) groups is 1. The fraction of sp³-hybridized carbons (Fsp3) is 0.263. The maximum atomic E-state index is 12.9. The van der Waals surface area contributed by atoms with Crippen molar-refractivity contribution in [2.24, 2.45) is 7.05 Å². The summed E-state index contributed by atoms with van der Waals surface area (Å²) in [6.45, 7) is 1.09. The molecule has 1 aliphatic heterocycles. The van der Waals surface area contributed by atoms with E-state index in [1.165, 1.54) is 15.6 Å². The van der Waals surface area contributed by atoms with Gasteiger partial charge in [0.1, 0.15) is 5.52 Å². The third-order valence-corrected chi connectivity index (χ3v) is 8.01. The van der Waals surface area contributed by atoms with E-state index in [1.54, 1.807) is 30.3 Å². The summed E-state index contributed by atoms with van der Waals surface area (Å²) in [6.07, 6.45) is 1.76. The van der Waals surface area contributed by atoms with E-state index >= 15 is 0 Å². The molecule has 0 saturated carbocycles. The summed E-state index contributed by atoms with van der Waals surface area (Å²) >= 11 is 1.32. The summed E-state index contributed by atoms with van der Waals surface area (Å²) < 4.78 is 29.2. The molecule has 4 aromatic rings. The molecule has 0 aliphatic carbocycles. The minimum atomic E-state index is -3.54. The van der Waals surface area contributed by atoms with E-state index in [0.29, 0.717) is 34.5 Å². The van der Waals surface area contributed by atoms with Crippen LogP contribution < -0.4 is 5.32 Å². The van der Waals surface area contributed by atoms with Gasteiger partial charge in [0.15, 0.2) is 5.65 Å². The number of carbonyl (C=O) groups excluding carboxylic acids is 1. The Morgan fingerprint density at radius 3 is 2.70 bits per heavy atom. The molecule has 4 heterocycles. The number of fused-ring (bicyclic) bond motifs is 3. The van der Waals surface area contributed by atoms with Gasteiger partial charge in [-0.1, -0.05) is 6.07 Å². The van der Waals surface area contributed by atoms with E-state index < -0.39 is 10.0 Å². The van der Waals surface area contributed by atoms with E-state index in [-0.39, 0.29) is 16.8 Å². The molecule has 1 aliphatic rings. The van der Waals surface area contributed by atoms with Crippen LogP contribution in [0.25, 0.3) is 22.1 Å². The van der Waals surface area contributed by atoms with Crippen LogP contribution >= 0.6 is 11.3 Å². The average Bonchev–Trinajstić information content (AvgIpc) is 3.50. The van der Waals surface area contributed by atoms with Crippen molar-refractivity contribution in [1.82, 2.24) is 24.1 Å². The molecule has 0 spiro atoms. The molecule has 0 radical (unpaired) electrons. The van der Waals surface area contributed by atoms with Crippen LogP contribution in [0, 0.1) is 0 Å². The van der Waals surface area contributed by atoms with Crippen molar-refractivity contribution >= 4 is 55.3 Å². The molecule has 9 nitrogen and oxygen atoms in total. The van der Waals surface area contributed by atoms with Gasteiger partial charge in [0.2, 0.25) is 10.0 Å².